The molecule has 0 radical (unpaired) electrons. The van der Waals surface area contributed by atoms with Gasteiger partial charge < -0.3 is 0 Å². The Bertz CT molecular complexity index is 745. The monoisotopic (exact) mass is 352 g/mol. The highest BCUT2D eigenvalue weighted by atomic mass is 16.2. The molecule has 2 aliphatic rings. The molecule has 140 valence electrons. The number of carbonyl (C=O) groups excluding carboxylic acids is 1. The number of allylic oxidation sites excluding steroid dienone is 2. The van der Waals surface area contributed by atoms with Gasteiger partial charge in [-0.05, 0) is 62.5 Å². The van der Waals surface area contributed by atoms with Crippen LogP contribution in [0.5, 0.6) is 0 Å². The molecule has 3 nitrogen and oxygen atoms in total. The van der Waals surface area contributed by atoms with Crippen LogP contribution in [0.4, 0.5) is 0 Å². The minimum atomic E-state index is -0.144. The first-order valence-electron chi connectivity index (χ1n) is 9.85. The van der Waals surface area contributed by atoms with E-state index in [9.17, 15) is 4.79 Å². The van der Waals surface area contributed by atoms with Crippen molar-refractivity contribution in [1.29, 1.82) is 0 Å². The molecule has 26 heavy (non-hydrogen) atoms. The quantitative estimate of drug-likeness (QED) is 0.421. The summed E-state index contributed by atoms with van der Waals surface area (Å²) in [7, 11) is 0. The molecule has 2 aliphatic carbocycles. The fourth-order valence-corrected chi connectivity index (χ4v) is 4.65. The lowest BCUT2D eigenvalue weighted by Crippen LogP contribution is -2.41. The van der Waals surface area contributed by atoms with Crippen molar-refractivity contribution >= 4 is 11.6 Å². The van der Waals surface area contributed by atoms with Crippen LogP contribution in [-0.4, -0.2) is 11.6 Å². The molecule has 0 fully saturated rings. The van der Waals surface area contributed by atoms with Gasteiger partial charge in [-0.2, -0.15) is 5.10 Å². The summed E-state index contributed by atoms with van der Waals surface area (Å²) in [5, 5.41) is 4.53. The number of amides is 1. The second-order valence-electron chi connectivity index (χ2n) is 9.02. The lowest BCUT2D eigenvalue weighted by atomic mass is 9.57. The van der Waals surface area contributed by atoms with Crippen molar-refractivity contribution < 1.29 is 4.79 Å². The van der Waals surface area contributed by atoms with Crippen LogP contribution < -0.4 is 5.43 Å². The average molecular weight is 353 g/mol. The first-order chi connectivity index (χ1) is 12.2. The van der Waals surface area contributed by atoms with Gasteiger partial charge in [-0.3, -0.25) is 4.79 Å². The maximum atomic E-state index is 12.3. The molecule has 0 aliphatic heterocycles. The number of hydrogen-bond donors (Lipinski definition) is 1. The van der Waals surface area contributed by atoms with Crippen LogP contribution in [0.15, 0.2) is 46.6 Å². The Morgan fingerprint density at radius 3 is 2.58 bits per heavy atom. The van der Waals surface area contributed by atoms with E-state index in [-0.39, 0.29) is 11.3 Å². The van der Waals surface area contributed by atoms with Crippen molar-refractivity contribution in [2.45, 2.75) is 66.7 Å². The second-order valence-corrected chi connectivity index (χ2v) is 9.02. The zero-order valence-corrected chi connectivity index (χ0v) is 16.9. The maximum Gasteiger partial charge on any atom is 0.271 e. The maximum absolute atomic E-state index is 12.3. The van der Waals surface area contributed by atoms with E-state index >= 15 is 0 Å². The van der Waals surface area contributed by atoms with Crippen molar-refractivity contribution in [2.75, 3.05) is 0 Å². The standard InChI is InChI=1S/C23H32N2O/c1-16-14-19-12-9-13-22(3,4)20(19)15-23(16,5)17(2)24-25-21(26)18-10-7-6-8-11-18/h6-8,10-11,16H,9,12-15H2,1-5H3,(H,25,26)/b24-17-/t16-,23+/m0/s1. The van der Waals surface area contributed by atoms with Gasteiger partial charge in [-0.1, -0.05) is 57.0 Å². The molecule has 0 heterocycles. The van der Waals surface area contributed by atoms with E-state index in [1.807, 2.05) is 30.3 Å². The minimum Gasteiger partial charge on any atom is -0.267 e. The number of rotatable bonds is 3. The van der Waals surface area contributed by atoms with E-state index < -0.39 is 0 Å². The van der Waals surface area contributed by atoms with Crippen molar-refractivity contribution in [3.63, 3.8) is 0 Å². The fourth-order valence-electron chi connectivity index (χ4n) is 4.65. The molecule has 3 heteroatoms. The van der Waals surface area contributed by atoms with Crippen LogP contribution in [0.1, 0.15) is 77.1 Å². The molecule has 1 aromatic rings. The fraction of sp³-hybridized carbons (Fsp3) is 0.565. The summed E-state index contributed by atoms with van der Waals surface area (Å²) < 4.78 is 0. The molecule has 1 N–H and O–H groups in total. The summed E-state index contributed by atoms with van der Waals surface area (Å²) in [4.78, 5) is 12.3. The second kappa shape index (κ2) is 7.02. The van der Waals surface area contributed by atoms with Gasteiger partial charge in [0.15, 0.2) is 0 Å². The Balaban J connectivity index is 1.81. The predicted octanol–water partition coefficient (Wildman–Crippen LogP) is 5.74. The van der Waals surface area contributed by atoms with E-state index in [1.165, 1.54) is 19.3 Å². The van der Waals surface area contributed by atoms with Crippen molar-refractivity contribution in [3.8, 4) is 0 Å². The molecule has 1 amide bonds. The van der Waals surface area contributed by atoms with Gasteiger partial charge in [0, 0.05) is 16.7 Å². The van der Waals surface area contributed by atoms with Gasteiger partial charge in [0.05, 0.1) is 0 Å². The van der Waals surface area contributed by atoms with Crippen molar-refractivity contribution in [3.05, 3.63) is 47.0 Å². The van der Waals surface area contributed by atoms with Gasteiger partial charge in [0.25, 0.3) is 5.91 Å². The summed E-state index contributed by atoms with van der Waals surface area (Å²) >= 11 is 0. The molecule has 0 saturated carbocycles. The first-order valence-corrected chi connectivity index (χ1v) is 9.85. The van der Waals surface area contributed by atoms with Crippen molar-refractivity contribution in [1.82, 2.24) is 5.43 Å². The molecule has 2 atom stereocenters. The molecule has 0 unspecified atom stereocenters. The Hall–Kier alpha value is -1.90. The van der Waals surface area contributed by atoms with E-state index in [0.29, 0.717) is 16.9 Å². The third-order valence-corrected chi connectivity index (χ3v) is 6.90. The smallest absolute Gasteiger partial charge is 0.267 e. The molecule has 0 aromatic heterocycles. The Labute approximate surface area is 158 Å². The van der Waals surface area contributed by atoms with Crippen LogP contribution in [0.25, 0.3) is 0 Å². The molecule has 0 saturated heterocycles. The third kappa shape index (κ3) is 3.49. The Kier molecular flexibility index (Phi) is 5.09. The number of nitrogens with one attached hydrogen (secondary N) is 1. The molecular formula is C23H32N2O. The summed E-state index contributed by atoms with van der Waals surface area (Å²) in [5.74, 6) is 0.391. The van der Waals surface area contributed by atoms with Crippen LogP contribution in [0.3, 0.4) is 0 Å². The Morgan fingerprint density at radius 1 is 1.19 bits per heavy atom. The summed E-state index contributed by atoms with van der Waals surface area (Å²) in [6.45, 7) is 11.5. The van der Waals surface area contributed by atoms with Gasteiger partial charge >= 0.3 is 0 Å². The van der Waals surface area contributed by atoms with Gasteiger partial charge in [-0.15, -0.1) is 0 Å². The highest BCUT2D eigenvalue weighted by molar-refractivity contribution is 5.96. The average Bonchev–Trinajstić information content (AvgIpc) is 2.61. The zero-order chi connectivity index (χ0) is 18.9. The summed E-state index contributed by atoms with van der Waals surface area (Å²) in [5.41, 5.74) is 8.07. The molecular weight excluding hydrogens is 320 g/mol. The topological polar surface area (TPSA) is 41.5 Å². The Morgan fingerprint density at radius 2 is 1.88 bits per heavy atom. The predicted molar refractivity (Wildman–Crippen MR) is 108 cm³/mol. The SMILES string of the molecule is C/C(=N/NC(=O)c1ccccc1)[C@]1(C)CC2=C(CCCC2(C)C)C[C@@H]1C. The minimum absolute atomic E-state index is 0.00257. The lowest BCUT2D eigenvalue weighted by Gasteiger charge is -2.48. The zero-order valence-electron chi connectivity index (χ0n) is 16.9. The van der Waals surface area contributed by atoms with Gasteiger partial charge in [0.1, 0.15) is 0 Å². The number of hydrazone groups is 1. The van der Waals surface area contributed by atoms with Crippen LogP contribution >= 0.6 is 0 Å². The van der Waals surface area contributed by atoms with E-state index in [4.69, 9.17) is 0 Å². The van der Waals surface area contributed by atoms with Gasteiger partial charge in [-0.25, -0.2) is 5.43 Å². The summed E-state index contributed by atoms with van der Waals surface area (Å²) in [6, 6.07) is 9.27. The van der Waals surface area contributed by atoms with E-state index in [2.05, 4.69) is 45.1 Å². The van der Waals surface area contributed by atoms with Crippen molar-refractivity contribution in [2.24, 2.45) is 21.8 Å². The highest BCUT2D eigenvalue weighted by Gasteiger charge is 2.44. The third-order valence-electron chi connectivity index (χ3n) is 6.90. The van der Waals surface area contributed by atoms with E-state index in [0.717, 1.165) is 18.6 Å². The number of nitrogens with zero attached hydrogens (tertiary/aromatic N) is 1. The highest BCUT2D eigenvalue weighted by Crippen LogP contribution is 2.54. The largest absolute Gasteiger partial charge is 0.271 e. The number of carbonyl (C=O) groups is 1. The number of benzene rings is 1. The normalized spacial score (nSPS) is 28.5. The molecule has 1 aromatic carbocycles. The number of hydrogen-bond acceptors (Lipinski definition) is 2. The molecule has 0 bridgehead atoms. The molecule has 3 rings (SSSR count). The first kappa shape index (κ1) is 18.9. The van der Waals surface area contributed by atoms with Crippen LogP contribution in [0, 0.1) is 16.7 Å². The van der Waals surface area contributed by atoms with Crippen LogP contribution in [-0.2, 0) is 0 Å². The van der Waals surface area contributed by atoms with Crippen LogP contribution in [0.2, 0.25) is 0 Å². The molecule has 0 spiro atoms. The van der Waals surface area contributed by atoms with E-state index in [1.54, 1.807) is 11.1 Å². The van der Waals surface area contributed by atoms with Gasteiger partial charge in [0.2, 0.25) is 0 Å². The lowest BCUT2D eigenvalue weighted by molar-refractivity contribution is 0.0953. The summed E-state index contributed by atoms with van der Waals surface area (Å²) in [6.07, 6.45) is 6.08.